The minimum Gasteiger partial charge on any atom is -0.390 e. The summed E-state index contributed by atoms with van der Waals surface area (Å²) in [5.74, 6) is 0. The molecule has 0 bridgehead atoms. The molecule has 1 aliphatic carbocycles. The number of hydrogen-bond acceptors (Lipinski definition) is 1. The molecule has 1 fully saturated rings. The van der Waals surface area contributed by atoms with Crippen molar-refractivity contribution in [3.63, 3.8) is 0 Å². The molecule has 14 heavy (non-hydrogen) atoms. The SMILES string of the molecule is CC1(C)CCC(O)(CCC(F)(F)F)C1. The van der Waals surface area contributed by atoms with E-state index in [-0.39, 0.29) is 11.8 Å². The molecule has 1 unspecified atom stereocenters. The van der Waals surface area contributed by atoms with Gasteiger partial charge in [0.15, 0.2) is 0 Å². The monoisotopic (exact) mass is 210 g/mol. The Bertz CT molecular complexity index is 210. The van der Waals surface area contributed by atoms with Crippen LogP contribution in [0, 0.1) is 5.41 Å². The van der Waals surface area contributed by atoms with Crippen LogP contribution in [0.5, 0.6) is 0 Å². The Hall–Kier alpha value is -0.250. The molecule has 1 saturated carbocycles. The van der Waals surface area contributed by atoms with Gasteiger partial charge in [0.1, 0.15) is 0 Å². The molecular formula is C10H17F3O. The van der Waals surface area contributed by atoms with Crippen LogP contribution in [0.25, 0.3) is 0 Å². The van der Waals surface area contributed by atoms with Gasteiger partial charge in [-0.05, 0) is 31.1 Å². The van der Waals surface area contributed by atoms with Crippen LogP contribution in [0.4, 0.5) is 13.2 Å². The molecule has 84 valence electrons. The second-order valence-electron chi connectivity index (χ2n) is 5.18. The van der Waals surface area contributed by atoms with Gasteiger partial charge in [-0.3, -0.25) is 0 Å². The smallest absolute Gasteiger partial charge is 0.389 e. The Balaban J connectivity index is 2.45. The zero-order chi connectivity index (χ0) is 11.0. The van der Waals surface area contributed by atoms with Gasteiger partial charge in [0.25, 0.3) is 0 Å². The van der Waals surface area contributed by atoms with Gasteiger partial charge in [-0.1, -0.05) is 13.8 Å². The van der Waals surface area contributed by atoms with Crippen LogP contribution in [-0.4, -0.2) is 16.9 Å². The van der Waals surface area contributed by atoms with Gasteiger partial charge in [-0.15, -0.1) is 0 Å². The number of hydrogen-bond donors (Lipinski definition) is 1. The van der Waals surface area contributed by atoms with Crippen molar-refractivity contribution >= 4 is 0 Å². The number of alkyl halides is 3. The molecule has 0 heterocycles. The van der Waals surface area contributed by atoms with Crippen LogP contribution in [0.15, 0.2) is 0 Å². The second-order valence-corrected chi connectivity index (χ2v) is 5.18. The van der Waals surface area contributed by atoms with E-state index in [1.165, 1.54) is 0 Å². The third-order valence-electron chi connectivity index (χ3n) is 2.95. The van der Waals surface area contributed by atoms with Gasteiger partial charge in [0.05, 0.1) is 5.60 Å². The first-order chi connectivity index (χ1) is 6.12. The van der Waals surface area contributed by atoms with Crippen molar-refractivity contribution in [3.8, 4) is 0 Å². The lowest BCUT2D eigenvalue weighted by molar-refractivity contribution is -0.146. The highest BCUT2D eigenvalue weighted by atomic mass is 19.4. The molecule has 0 aromatic rings. The van der Waals surface area contributed by atoms with Crippen LogP contribution in [0.2, 0.25) is 0 Å². The molecule has 0 aromatic heterocycles. The lowest BCUT2D eigenvalue weighted by Gasteiger charge is -2.25. The zero-order valence-corrected chi connectivity index (χ0v) is 8.62. The van der Waals surface area contributed by atoms with Crippen LogP contribution >= 0.6 is 0 Å². The highest BCUT2D eigenvalue weighted by Crippen LogP contribution is 2.46. The fourth-order valence-corrected chi connectivity index (χ4v) is 2.23. The Kier molecular flexibility index (Phi) is 2.87. The van der Waals surface area contributed by atoms with E-state index in [9.17, 15) is 18.3 Å². The van der Waals surface area contributed by atoms with E-state index in [0.717, 1.165) is 6.42 Å². The van der Waals surface area contributed by atoms with Crippen molar-refractivity contribution in [1.29, 1.82) is 0 Å². The average Bonchev–Trinajstić information content (AvgIpc) is 2.22. The molecule has 1 N–H and O–H groups in total. The summed E-state index contributed by atoms with van der Waals surface area (Å²) in [6, 6.07) is 0. The molecular weight excluding hydrogens is 193 g/mol. The van der Waals surface area contributed by atoms with E-state index in [1.807, 2.05) is 13.8 Å². The van der Waals surface area contributed by atoms with Crippen molar-refractivity contribution in [3.05, 3.63) is 0 Å². The molecule has 4 heteroatoms. The number of aliphatic hydroxyl groups is 1. The molecule has 0 aromatic carbocycles. The predicted octanol–water partition coefficient (Wildman–Crippen LogP) is 3.27. The fourth-order valence-electron chi connectivity index (χ4n) is 2.23. The van der Waals surface area contributed by atoms with Crippen LogP contribution < -0.4 is 0 Å². The van der Waals surface area contributed by atoms with E-state index in [0.29, 0.717) is 12.8 Å². The first-order valence-electron chi connectivity index (χ1n) is 4.91. The predicted molar refractivity (Wildman–Crippen MR) is 47.9 cm³/mol. The Morgan fingerprint density at radius 1 is 1.21 bits per heavy atom. The van der Waals surface area contributed by atoms with E-state index < -0.39 is 18.2 Å². The van der Waals surface area contributed by atoms with E-state index >= 15 is 0 Å². The van der Waals surface area contributed by atoms with Gasteiger partial charge < -0.3 is 5.11 Å². The van der Waals surface area contributed by atoms with Crippen LogP contribution in [0.3, 0.4) is 0 Å². The van der Waals surface area contributed by atoms with Crippen molar-refractivity contribution in [2.75, 3.05) is 0 Å². The van der Waals surface area contributed by atoms with Crippen LogP contribution in [-0.2, 0) is 0 Å². The molecule has 0 radical (unpaired) electrons. The van der Waals surface area contributed by atoms with Gasteiger partial charge in [0, 0.05) is 6.42 Å². The number of rotatable bonds is 2. The summed E-state index contributed by atoms with van der Waals surface area (Å²) in [7, 11) is 0. The molecule has 1 rings (SSSR count). The maximum atomic E-state index is 12.0. The average molecular weight is 210 g/mol. The third kappa shape index (κ3) is 3.48. The molecule has 0 saturated heterocycles. The summed E-state index contributed by atoms with van der Waals surface area (Å²) in [4.78, 5) is 0. The normalized spacial score (nSPS) is 32.1. The highest BCUT2D eigenvalue weighted by Gasteiger charge is 2.43. The second kappa shape index (κ2) is 3.40. The zero-order valence-electron chi connectivity index (χ0n) is 8.62. The molecule has 0 aliphatic heterocycles. The largest absolute Gasteiger partial charge is 0.390 e. The summed E-state index contributed by atoms with van der Waals surface area (Å²) in [5, 5.41) is 9.89. The highest BCUT2D eigenvalue weighted by molar-refractivity contribution is 4.93. The molecule has 1 nitrogen and oxygen atoms in total. The lowest BCUT2D eigenvalue weighted by Crippen LogP contribution is -2.28. The van der Waals surface area contributed by atoms with E-state index in [1.54, 1.807) is 0 Å². The van der Waals surface area contributed by atoms with Gasteiger partial charge in [0.2, 0.25) is 0 Å². The van der Waals surface area contributed by atoms with Crippen LogP contribution in [0.1, 0.15) is 46.0 Å². The Labute approximate surface area is 82.3 Å². The van der Waals surface area contributed by atoms with Gasteiger partial charge in [-0.25, -0.2) is 0 Å². The Morgan fingerprint density at radius 3 is 2.14 bits per heavy atom. The maximum absolute atomic E-state index is 12.0. The number of halogens is 3. The standard InChI is InChI=1S/C10H17F3O/c1-8(2)3-4-9(14,7-8)5-6-10(11,12)13/h14H,3-7H2,1-2H3. The quantitative estimate of drug-likeness (QED) is 0.741. The van der Waals surface area contributed by atoms with Crippen molar-refractivity contribution in [2.24, 2.45) is 5.41 Å². The summed E-state index contributed by atoms with van der Waals surface area (Å²) in [6.45, 7) is 3.97. The van der Waals surface area contributed by atoms with Crippen molar-refractivity contribution < 1.29 is 18.3 Å². The molecule has 1 aliphatic rings. The fraction of sp³-hybridized carbons (Fsp3) is 1.00. The van der Waals surface area contributed by atoms with Gasteiger partial charge >= 0.3 is 6.18 Å². The van der Waals surface area contributed by atoms with Crippen molar-refractivity contribution in [2.45, 2.75) is 57.7 Å². The minimum atomic E-state index is -4.15. The molecule has 0 amide bonds. The first kappa shape index (κ1) is 11.8. The molecule has 0 spiro atoms. The first-order valence-corrected chi connectivity index (χ1v) is 4.91. The van der Waals surface area contributed by atoms with Crippen molar-refractivity contribution in [1.82, 2.24) is 0 Å². The summed E-state index contributed by atoms with van der Waals surface area (Å²) >= 11 is 0. The van der Waals surface area contributed by atoms with Gasteiger partial charge in [-0.2, -0.15) is 13.2 Å². The Morgan fingerprint density at radius 2 is 1.79 bits per heavy atom. The van der Waals surface area contributed by atoms with E-state index in [2.05, 4.69) is 0 Å². The topological polar surface area (TPSA) is 20.2 Å². The third-order valence-corrected chi connectivity index (χ3v) is 2.95. The molecule has 1 atom stereocenters. The summed E-state index contributed by atoms with van der Waals surface area (Å²) in [6.07, 6.45) is -3.39. The maximum Gasteiger partial charge on any atom is 0.389 e. The summed E-state index contributed by atoms with van der Waals surface area (Å²) < 4.78 is 35.9. The van der Waals surface area contributed by atoms with E-state index in [4.69, 9.17) is 0 Å². The minimum absolute atomic E-state index is 0.0135. The lowest BCUT2D eigenvalue weighted by atomic mass is 9.87. The summed E-state index contributed by atoms with van der Waals surface area (Å²) in [5.41, 5.74) is -1.10.